The lowest BCUT2D eigenvalue weighted by Gasteiger charge is -2.18. The molecular formula is C15H24N2O4. The minimum absolute atomic E-state index is 0.0955. The summed E-state index contributed by atoms with van der Waals surface area (Å²) in [5.74, 6) is 1.28. The predicted molar refractivity (Wildman–Crippen MR) is 80.8 cm³/mol. The smallest absolute Gasteiger partial charge is 0.224 e. The first-order chi connectivity index (χ1) is 9.96. The quantitative estimate of drug-likeness (QED) is 0.793. The minimum Gasteiger partial charge on any atom is -0.493 e. The Hall–Kier alpha value is -1.95. The highest BCUT2D eigenvalue weighted by atomic mass is 16.5. The number of carbonyl (C=O) groups is 1. The Morgan fingerprint density at radius 2 is 1.76 bits per heavy atom. The fourth-order valence-electron chi connectivity index (χ4n) is 1.88. The van der Waals surface area contributed by atoms with Crippen molar-refractivity contribution < 1.29 is 19.0 Å². The number of ether oxygens (including phenoxy) is 3. The number of benzene rings is 1. The molecule has 0 radical (unpaired) electrons. The highest BCUT2D eigenvalue weighted by molar-refractivity contribution is 5.79. The van der Waals surface area contributed by atoms with Crippen LogP contribution in [0.4, 0.5) is 0 Å². The van der Waals surface area contributed by atoms with Crippen molar-refractivity contribution in [3.05, 3.63) is 17.7 Å². The average Bonchev–Trinajstić information content (AvgIpc) is 2.50. The maximum absolute atomic E-state index is 11.9. The molecule has 6 nitrogen and oxygen atoms in total. The lowest BCUT2D eigenvalue weighted by atomic mass is 10.0. The van der Waals surface area contributed by atoms with Crippen LogP contribution in [0.3, 0.4) is 0 Å². The van der Waals surface area contributed by atoms with Crippen molar-refractivity contribution in [2.24, 2.45) is 11.7 Å². The summed E-state index contributed by atoms with van der Waals surface area (Å²) in [4.78, 5) is 11.9. The number of nitrogens with two attached hydrogens (primary N) is 1. The van der Waals surface area contributed by atoms with E-state index in [1.165, 1.54) is 0 Å². The number of methoxy groups -OCH3 is 3. The van der Waals surface area contributed by atoms with Crippen LogP contribution in [-0.4, -0.2) is 33.3 Å². The van der Waals surface area contributed by atoms with Gasteiger partial charge in [0, 0.05) is 24.1 Å². The van der Waals surface area contributed by atoms with E-state index in [-0.39, 0.29) is 17.9 Å². The van der Waals surface area contributed by atoms with Gasteiger partial charge in [-0.3, -0.25) is 4.79 Å². The van der Waals surface area contributed by atoms with Gasteiger partial charge >= 0.3 is 0 Å². The van der Waals surface area contributed by atoms with Crippen molar-refractivity contribution in [3.8, 4) is 17.2 Å². The van der Waals surface area contributed by atoms with Gasteiger partial charge in [0.15, 0.2) is 11.5 Å². The summed E-state index contributed by atoms with van der Waals surface area (Å²) in [7, 11) is 4.65. The molecule has 0 aromatic heterocycles. The number of hydrogen-bond acceptors (Lipinski definition) is 5. The van der Waals surface area contributed by atoms with Crippen molar-refractivity contribution >= 4 is 5.91 Å². The summed E-state index contributed by atoms with van der Waals surface area (Å²) in [5.41, 5.74) is 6.53. The number of rotatable bonds is 7. The molecule has 1 aromatic carbocycles. The van der Waals surface area contributed by atoms with Gasteiger partial charge in [-0.1, -0.05) is 6.92 Å². The molecule has 0 aliphatic rings. The van der Waals surface area contributed by atoms with Gasteiger partial charge in [-0.05, 0) is 19.1 Å². The van der Waals surface area contributed by atoms with Crippen LogP contribution in [0.1, 0.15) is 19.4 Å². The molecule has 1 amide bonds. The third kappa shape index (κ3) is 4.01. The molecule has 1 rings (SSSR count). The number of nitrogens with one attached hydrogen (secondary N) is 1. The fourth-order valence-corrected chi connectivity index (χ4v) is 1.88. The minimum atomic E-state index is -0.254. The molecule has 2 unspecified atom stereocenters. The summed E-state index contributed by atoms with van der Waals surface area (Å²) in [5, 5.41) is 2.85. The zero-order valence-corrected chi connectivity index (χ0v) is 13.2. The molecule has 21 heavy (non-hydrogen) atoms. The van der Waals surface area contributed by atoms with E-state index in [9.17, 15) is 4.79 Å². The van der Waals surface area contributed by atoms with Gasteiger partial charge in [0.05, 0.1) is 21.3 Å². The molecule has 0 spiro atoms. The summed E-state index contributed by atoms with van der Waals surface area (Å²) in [6, 6.07) is 3.41. The molecule has 0 fully saturated rings. The number of hydrogen-bond donors (Lipinski definition) is 2. The zero-order valence-electron chi connectivity index (χ0n) is 13.2. The molecule has 118 valence electrons. The average molecular weight is 296 g/mol. The molecule has 0 saturated heterocycles. The lowest BCUT2D eigenvalue weighted by molar-refractivity contribution is -0.125. The number of carbonyl (C=O) groups excluding carboxylic acids is 1. The Balaban J connectivity index is 2.91. The Labute approximate surface area is 125 Å². The Morgan fingerprint density at radius 3 is 2.24 bits per heavy atom. The van der Waals surface area contributed by atoms with E-state index in [0.29, 0.717) is 23.8 Å². The van der Waals surface area contributed by atoms with Gasteiger partial charge in [0.1, 0.15) is 0 Å². The Kier molecular flexibility index (Phi) is 6.30. The maximum atomic E-state index is 11.9. The van der Waals surface area contributed by atoms with Crippen LogP contribution >= 0.6 is 0 Å². The monoisotopic (exact) mass is 296 g/mol. The van der Waals surface area contributed by atoms with Gasteiger partial charge in [-0.25, -0.2) is 0 Å². The highest BCUT2D eigenvalue weighted by Crippen LogP contribution is 2.39. The summed E-state index contributed by atoms with van der Waals surface area (Å²) >= 11 is 0. The molecule has 0 aliphatic carbocycles. The Morgan fingerprint density at radius 1 is 1.14 bits per heavy atom. The van der Waals surface area contributed by atoms with Gasteiger partial charge < -0.3 is 25.3 Å². The first-order valence-electron chi connectivity index (χ1n) is 6.77. The highest BCUT2D eigenvalue weighted by Gasteiger charge is 2.19. The fraction of sp³-hybridized carbons (Fsp3) is 0.533. The van der Waals surface area contributed by atoms with Crippen LogP contribution in [0.25, 0.3) is 0 Å². The van der Waals surface area contributed by atoms with Crippen molar-refractivity contribution in [1.82, 2.24) is 5.32 Å². The number of amides is 1. The van der Waals surface area contributed by atoms with Crippen LogP contribution < -0.4 is 25.3 Å². The lowest BCUT2D eigenvalue weighted by Crippen LogP contribution is -2.38. The van der Waals surface area contributed by atoms with Crippen LogP contribution in [0.5, 0.6) is 17.2 Å². The third-order valence-electron chi connectivity index (χ3n) is 3.44. The molecule has 0 bridgehead atoms. The molecule has 3 N–H and O–H groups in total. The molecule has 0 heterocycles. The topological polar surface area (TPSA) is 82.8 Å². The van der Waals surface area contributed by atoms with Crippen molar-refractivity contribution in [2.75, 3.05) is 21.3 Å². The second-order valence-electron chi connectivity index (χ2n) is 4.86. The molecule has 1 aromatic rings. The molecule has 0 aliphatic heterocycles. The standard InChI is InChI=1S/C15H24N2O4/c1-9(10(2)16)15(18)17-8-11-6-7-12(19-3)14(21-5)13(11)20-4/h6-7,9-10H,8,16H2,1-5H3,(H,17,18). The largest absolute Gasteiger partial charge is 0.493 e. The van der Waals surface area contributed by atoms with E-state index in [1.54, 1.807) is 41.2 Å². The van der Waals surface area contributed by atoms with E-state index in [0.717, 1.165) is 5.56 Å². The van der Waals surface area contributed by atoms with E-state index < -0.39 is 0 Å². The van der Waals surface area contributed by atoms with Crippen molar-refractivity contribution in [2.45, 2.75) is 26.4 Å². The van der Waals surface area contributed by atoms with E-state index in [2.05, 4.69) is 5.32 Å². The maximum Gasteiger partial charge on any atom is 0.224 e. The second kappa shape index (κ2) is 7.73. The van der Waals surface area contributed by atoms with Crippen molar-refractivity contribution in [3.63, 3.8) is 0 Å². The molecule has 0 saturated carbocycles. The molecule has 2 atom stereocenters. The van der Waals surface area contributed by atoms with Crippen molar-refractivity contribution in [1.29, 1.82) is 0 Å². The normalized spacial score (nSPS) is 13.2. The van der Waals surface area contributed by atoms with Gasteiger partial charge in [0.2, 0.25) is 11.7 Å². The van der Waals surface area contributed by atoms with E-state index >= 15 is 0 Å². The van der Waals surface area contributed by atoms with E-state index in [1.807, 2.05) is 6.07 Å². The molecular weight excluding hydrogens is 272 g/mol. The second-order valence-corrected chi connectivity index (χ2v) is 4.86. The molecule has 6 heteroatoms. The Bertz CT molecular complexity index is 489. The zero-order chi connectivity index (χ0) is 16.0. The van der Waals surface area contributed by atoms with Gasteiger partial charge in [0.25, 0.3) is 0 Å². The first-order valence-corrected chi connectivity index (χ1v) is 6.77. The van der Waals surface area contributed by atoms with Crippen LogP contribution in [0, 0.1) is 5.92 Å². The summed E-state index contributed by atoms with van der Waals surface area (Å²) in [6.45, 7) is 3.94. The van der Waals surface area contributed by atoms with Gasteiger partial charge in [-0.15, -0.1) is 0 Å². The van der Waals surface area contributed by atoms with Crippen LogP contribution in [0.2, 0.25) is 0 Å². The van der Waals surface area contributed by atoms with Crippen LogP contribution in [-0.2, 0) is 11.3 Å². The van der Waals surface area contributed by atoms with E-state index in [4.69, 9.17) is 19.9 Å². The third-order valence-corrected chi connectivity index (χ3v) is 3.44. The van der Waals surface area contributed by atoms with Crippen LogP contribution in [0.15, 0.2) is 12.1 Å². The predicted octanol–water partition coefficient (Wildman–Crippen LogP) is 1.31. The van der Waals surface area contributed by atoms with Gasteiger partial charge in [-0.2, -0.15) is 0 Å². The first kappa shape index (κ1) is 17.1. The summed E-state index contributed by atoms with van der Waals surface area (Å²) < 4.78 is 15.9. The summed E-state index contributed by atoms with van der Waals surface area (Å²) in [6.07, 6.45) is 0. The SMILES string of the molecule is COc1ccc(CNC(=O)C(C)C(C)N)c(OC)c1OC.